The lowest BCUT2D eigenvalue weighted by atomic mass is 10.2. The smallest absolute Gasteiger partial charge is 0.254 e. The highest BCUT2D eigenvalue weighted by Gasteiger charge is 2.34. The Balaban J connectivity index is 1.45. The van der Waals surface area contributed by atoms with Crippen molar-refractivity contribution in [3.8, 4) is 11.4 Å². The first-order valence-electron chi connectivity index (χ1n) is 9.49. The third kappa shape index (κ3) is 4.33. The molecule has 4 N–H and O–H groups in total. The maximum atomic E-state index is 13.4. The Morgan fingerprint density at radius 2 is 1.90 bits per heavy atom. The van der Waals surface area contributed by atoms with Gasteiger partial charge in [0.05, 0.1) is 23.3 Å². The number of carbonyl (C=O) groups is 2. The van der Waals surface area contributed by atoms with Crippen molar-refractivity contribution in [3.63, 3.8) is 0 Å². The number of pyridine rings is 1. The van der Waals surface area contributed by atoms with Crippen molar-refractivity contribution in [3.05, 3.63) is 71.9 Å². The molecule has 0 saturated carbocycles. The Morgan fingerprint density at radius 3 is 2.61 bits per heavy atom. The van der Waals surface area contributed by atoms with Gasteiger partial charge >= 0.3 is 0 Å². The monoisotopic (exact) mass is 422 g/mol. The fourth-order valence-electron chi connectivity index (χ4n) is 3.42. The molecule has 1 fully saturated rings. The van der Waals surface area contributed by atoms with Crippen molar-refractivity contribution in [1.82, 2.24) is 20.3 Å². The Bertz CT molecular complexity index is 1120. The molecule has 0 radical (unpaired) electrons. The van der Waals surface area contributed by atoms with Crippen LogP contribution in [0.5, 0.6) is 0 Å². The number of rotatable bonds is 5. The highest BCUT2D eigenvalue weighted by atomic mass is 19.1. The number of aliphatic hydroxyl groups excluding tert-OH is 1. The molecule has 2 amide bonds. The van der Waals surface area contributed by atoms with Gasteiger partial charge in [-0.25, -0.2) is 19.3 Å². The van der Waals surface area contributed by atoms with Gasteiger partial charge in [0.1, 0.15) is 11.6 Å². The van der Waals surface area contributed by atoms with Crippen molar-refractivity contribution in [2.45, 2.75) is 12.1 Å². The minimum Gasteiger partial charge on any atom is -0.389 e. The molecule has 3 heterocycles. The summed E-state index contributed by atoms with van der Waals surface area (Å²) in [5, 5.41) is 13.1. The molecule has 1 saturated heterocycles. The maximum Gasteiger partial charge on any atom is 0.254 e. The molecule has 0 bridgehead atoms. The molecule has 158 valence electrons. The van der Waals surface area contributed by atoms with E-state index in [0.29, 0.717) is 11.4 Å². The fraction of sp³-hybridized carbons (Fsp3) is 0.190. The molecule has 9 nitrogen and oxygen atoms in total. The molecule has 1 aliphatic heterocycles. The highest BCUT2D eigenvalue weighted by Crippen LogP contribution is 2.22. The number of hydrogen-bond acceptors (Lipinski definition) is 7. The van der Waals surface area contributed by atoms with E-state index < -0.39 is 29.8 Å². The number of nitrogens with one attached hydrogen (secondary N) is 1. The van der Waals surface area contributed by atoms with Crippen LogP contribution in [0.4, 0.5) is 10.2 Å². The fourth-order valence-corrected chi connectivity index (χ4v) is 3.42. The highest BCUT2D eigenvalue weighted by molar-refractivity contribution is 5.98. The van der Waals surface area contributed by atoms with Crippen LogP contribution in [-0.4, -0.2) is 57.1 Å². The van der Waals surface area contributed by atoms with E-state index in [1.165, 1.54) is 30.7 Å². The topological polar surface area (TPSA) is 134 Å². The molecule has 1 aromatic carbocycles. The molecule has 3 aromatic rings. The molecule has 4 rings (SSSR count). The van der Waals surface area contributed by atoms with Gasteiger partial charge in [0.2, 0.25) is 0 Å². The number of primary amides is 1. The lowest BCUT2D eigenvalue weighted by molar-refractivity contribution is 0.0887. The first-order valence-corrected chi connectivity index (χ1v) is 9.49. The Kier molecular flexibility index (Phi) is 5.54. The minimum atomic E-state index is -0.876. The predicted molar refractivity (Wildman–Crippen MR) is 110 cm³/mol. The second kappa shape index (κ2) is 8.44. The summed E-state index contributed by atoms with van der Waals surface area (Å²) >= 11 is 0. The summed E-state index contributed by atoms with van der Waals surface area (Å²) in [6, 6.07) is 8.39. The first kappa shape index (κ1) is 20.4. The number of nitrogens with zero attached hydrogens (tertiary/aromatic N) is 4. The standard InChI is InChI=1S/C21H19FN6O3/c22-14-4-1-3-12(7-14)19-25-8-13(9-26-19)21(31)27-16-10-28(11-17(16)29)20-15(18(23)30)5-2-6-24-20/h1-9,16-17,29H,10-11H2,(H2,23,30)(H,27,31)/t16-,17+/m0/s1. The van der Waals surface area contributed by atoms with E-state index in [9.17, 15) is 19.1 Å². The van der Waals surface area contributed by atoms with Crippen LogP contribution in [0, 0.1) is 5.82 Å². The van der Waals surface area contributed by atoms with E-state index in [-0.39, 0.29) is 30.0 Å². The van der Waals surface area contributed by atoms with Crippen molar-refractivity contribution in [1.29, 1.82) is 0 Å². The van der Waals surface area contributed by atoms with Gasteiger partial charge in [-0.15, -0.1) is 0 Å². The molecule has 0 unspecified atom stereocenters. The third-order valence-electron chi connectivity index (χ3n) is 4.95. The molecule has 2 aromatic heterocycles. The Labute approximate surface area is 176 Å². The van der Waals surface area contributed by atoms with Crippen LogP contribution in [0.25, 0.3) is 11.4 Å². The van der Waals surface area contributed by atoms with Gasteiger partial charge in [0, 0.05) is 37.2 Å². The number of benzene rings is 1. The summed E-state index contributed by atoms with van der Waals surface area (Å²) in [6.45, 7) is 0.420. The van der Waals surface area contributed by atoms with Crippen molar-refractivity contribution in [2.75, 3.05) is 18.0 Å². The Morgan fingerprint density at radius 1 is 1.13 bits per heavy atom. The molecule has 0 spiro atoms. The van der Waals surface area contributed by atoms with Crippen LogP contribution in [-0.2, 0) is 0 Å². The number of β-amino-alcohol motifs (C(OH)–C–C–N with tert-alkyl or cyclic N) is 1. The number of nitrogens with two attached hydrogens (primary N) is 1. The Hall–Kier alpha value is -3.92. The van der Waals surface area contributed by atoms with Gasteiger partial charge in [-0.2, -0.15) is 0 Å². The largest absolute Gasteiger partial charge is 0.389 e. The van der Waals surface area contributed by atoms with Gasteiger partial charge in [-0.05, 0) is 24.3 Å². The van der Waals surface area contributed by atoms with Gasteiger partial charge in [-0.3, -0.25) is 9.59 Å². The van der Waals surface area contributed by atoms with E-state index in [0.717, 1.165) is 0 Å². The van der Waals surface area contributed by atoms with E-state index in [1.807, 2.05) is 0 Å². The van der Waals surface area contributed by atoms with Crippen LogP contribution < -0.4 is 16.0 Å². The second-order valence-electron chi connectivity index (χ2n) is 7.10. The molecule has 31 heavy (non-hydrogen) atoms. The molecular formula is C21H19FN6O3. The van der Waals surface area contributed by atoms with Gasteiger partial charge in [0.15, 0.2) is 5.82 Å². The van der Waals surface area contributed by atoms with Crippen molar-refractivity contribution in [2.24, 2.45) is 5.73 Å². The maximum absolute atomic E-state index is 13.4. The van der Waals surface area contributed by atoms with Crippen molar-refractivity contribution >= 4 is 17.6 Å². The molecule has 1 aliphatic rings. The van der Waals surface area contributed by atoms with Crippen LogP contribution in [0.2, 0.25) is 0 Å². The van der Waals surface area contributed by atoms with Gasteiger partial charge in [-0.1, -0.05) is 12.1 Å². The summed E-state index contributed by atoms with van der Waals surface area (Å²) in [4.78, 5) is 38.4. The summed E-state index contributed by atoms with van der Waals surface area (Å²) in [5.74, 6) is -0.852. The number of amides is 2. The van der Waals surface area contributed by atoms with E-state index in [1.54, 1.807) is 29.2 Å². The van der Waals surface area contributed by atoms with E-state index in [4.69, 9.17) is 5.73 Å². The minimum absolute atomic E-state index is 0.178. The van der Waals surface area contributed by atoms with Crippen LogP contribution in [0.15, 0.2) is 55.0 Å². The SMILES string of the molecule is NC(=O)c1cccnc1N1C[C@@H](O)[C@@H](NC(=O)c2cnc(-c3cccc(F)c3)nc2)C1. The number of hydrogen-bond donors (Lipinski definition) is 3. The lowest BCUT2D eigenvalue weighted by Crippen LogP contribution is -2.43. The van der Waals surface area contributed by atoms with Crippen LogP contribution in [0.3, 0.4) is 0 Å². The number of aromatic nitrogens is 3. The van der Waals surface area contributed by atoms with E-state index in [2.05, 4.69) is 20.3 Å². The summed E-state index contributed by atoms with van der Waals surface area (Å²) in [7, 11) is 0. The molecule has 10 heteroatoms. The van der Waals surface area contributed by atoms with Gasteiger partial charge < -0.3 is 21.1 Å². The number of aliphatic hydroxyl groups is 1. The predicted octanol–water partition coefficient (Wildman–Crippen LogP) is 0.756. The zero-order valence-corrected chi connectivity index (χ0v) is 16.3. The zero-order valence-electron chi connectivity index (χ0n) is 16.3. The number of carbonyl (C=O) groups excluding carboxylic acids is 2. The average Bonchev–Trinajstić information content (AvgIpc) is 3.14. The lowest BCUT2D eigenvalue weighted by Gasteiger charge is -2.19. The number of anilines is 1. The first-order chi connectivity index (χ1) is 14.9. The molecule has 0 aliphatic carbocycles. The van der Waals surface area contributed by atoms with Crippen molar-refractivity contribution < 1.29 is 19.1 Å². The quantitative estimate of drug-likeness (QED) is 0.552. The third-order valence-corrected chi connectivity index (χ3v) is 4.95. The zero-order chi connectivity index (χ0) is 22.0. The normalized spacial score (nSPS) is 18.1. The number of halogens is 1. The average molecular weight is 422 g/mol. The second-order valence-corrected chi connectivity index (χ2v) is 7.10. The summed E-state index contributed by atoms with van der Waals surface area (Å²) < 4.78 is 13.4. The molecular weight excluding hydrogens is 403 g/mol. The molecule has 2 atom stereocenters. The van der Waals surface area contributed by atoms with Crippen LogP contribution >= 0.6 is 0 Å². The van der Waals surface area contributed by atoms with Gasteiger partial charge in [0.25, 0.3) is 11.8 Å². The van der Waals surface area contributed by atoms with Crippen LogP contribution in [0.1, 0.15) is 20.7 Å². The summed E-state index contributed by atoms with van der Waals surface area (Å²) in [6.07, 6.45) is 3.33. The van der Waals surface area contributed by atoms with E-state index >= 15 is 0 Å². The summed E-state index contributed by atoms with van der Waals surface area (Å²) in [5.41, 5.74) is 6.33.